The Kier molecular flexibility index (Phi) is 14.1. The summed E-state index contributed by atoms with van der Waals surface area (Å²) in [5.41, 5.74) is 1.88. The maximum atomic E-state index is 8.67. The molecule has 0 saturated carbocycles. The standard InChI is InChI=1S/C24H34O8/c25-9-11-27-13-15-29-17-19-31-23-7-3-1-5-21(23)22-6-2-4-8-24(22)32-20-18-30-16-14-28-12-10-26/h1-8,25-26H,9-20H2. The van der Waals surface area contributed by atoms with Gasteiger partial charge in [-0.25, -0.2) is 0 Å². The average Bonchev–Trinajstić information content (AvgIpc) is 2.83. The van der Waals surface area contributed by atoms with Crippen LogP contribution in [0.3, 0.4) is 0 Å². The Labute approximate surface area is 189 Å². The fraction of sp³-hybridized carbons (Fsp3) is 0.500. The van der Waals surface area contributed by atoms with E-state index in [4.69, 9.17) is 38.6 Å². The number of hydrogen-bond acceptors (Lipinski definition) is 8. The minimum absolute atomic E-state index is 0.0124. The van der Waals surface area contributed by atoms with Crippen molar-refractivity contribution >= 4 is 0 Å². The molecule has 0 saturated heterocycles. The van der Waals surface area contributed by atoms with Crippen LogP contribution >= 0.6 is 0 Å². The molecule has 2 rings (SSSR count). The molecule has 0 aliphatic rings. The van der Waals surface area contributed by atoms with E-state index in [1.54, 1.807) is 0 Å². The molecule has 0 amide bonds. The van der Waals surface area contributed by atoms with Crippen LogP contribution in [0.25, 0.3) is 11.1 Å². The number of aliphatic hydroxyl groups is 2. The summed E-state index contributed by atoms with van der Waals surface area (Å²) in [6.45, 7) is 4.16. The smallest absolute Gasteiger partial charge is 0.127 e. The first-order chi connectivity index (χ1) is 15.9. The molecule has 32 heavy (non-hydrogen) atoms. The van der Waals surface area contributed by atoms with Gasteiger partial charge in [0, 0.05) is 11.1 Å². The first-order valence-corrected chi connectivity index (χ1v) is 10.8. The van der Waals surface area contributed by atoms with E-state index in [2.05, 4.69) is 0 Å². The predicted molar refractivity (Wildman–Crippen MR) is 120 cm³/mol. The summed E-state index contributed by atoms with van der Waals surface area (Å²) in [7, 11) is 0. The van der Waals surface area contributed by atoms with Gasteiger partial charge >= 0.3 is 0 Å². The van der Waals surface area contributed by atoms with E-state index in [0.717, 1.165) is 22.6 Å². The Morgan fingerprint density at radius 2 is 0.781 bits per heavy atom. The zero-order valence-electron chi connectivity index (χ0n) is 18.4. The van der Waals surface area contributed by atoms with Crippen LogP contribution in [-0.4, -0.2) is 89.5 Å². The number of rotatable bonds is 19. The minimum atomic E-state index is 0.0124. The van der Waals surface area contributed by atoms with Gasteiger partial charge in [-0.1, -0.05) is 36.4 Å². The van der Waals surface area contributed by atoms with E-state index in [9.17, 15) is 0 Å². The average molecular weight is 451 g/mol. The summed E-state index contributed by atoms with van der Waals surface area (Å²) < 4.78 is 33.2. The molecule has 0 bridgehead atoms. The molecule has 0 aliphatic carbocycles. The summed E-state index contributed by atoms with van der Waals surface area (Å²) >= 11 is 0. The third kappa shape index (κ3) is 10.4. The molecule has 8 nitrogen and oxygen atoms in total. The monoisotopic (exact) mass is 450 g/mol. The summed E-state index contributed by atoms with van der Waals surface area (Å²) in [6, 6.07) is 15.6. The van der Waals surface area contributed by atoms with E-state index in [1.165, 1.54) is 0 Å². The van der Waals surface area contributed by atoms with E-state index in [1.807, 2.05) is 48.5 Å². The second-order valence-electron chi connectivity index (χ2n) is 6.59. The molecule has 0 aliphatic heterocycles. The lowest BCUT2D eigenvalue weighted by atomic mass is 10.0. The molecule has 178 valence electrons. The Morgan fingerprint density at radius 1 is 0.438 bits per heavy atom. The van der Waals surface area contributed by atoms with Crippen LogP contribution in [0, 0.1) is 0 Å². The largest absolute Gasteiger partial charge is 0.491 e. The van der Waals surface area contributed by atoms with E-state index < -0.39 is 0 Å². The Hall–Kier alpha value is -2.20. The molecular weight excluding hydrogens is 416 g/mol. The van der Waals surface area contributed by atoms with Gasteiger partial charge in [0.25, 0.3) is 0 Å². The zero-order chi connectivity index (χ0) is 22.7. The lowest BCUT2D eigenvalue weighted by Crippen LogP contribution is -2.12. The van der Waals surface area contributed by atoms with Gasteiger partial charge in [0.2, 0.25) is 0 Å². The quantitative estimate of drug-likeness (QED) is 0.315. The zero-order valence-corrected chi connectivity index (χ0v) is 18.4. The molecule has 0 fully saturated rings. The number of hydrogen-bond donors (Lipinski definition) is 2. The SMILES string of the molecule is OCCOCCOCCOc1ccccc1-c1ccccc1OCCOCCOCCO. The minimum Gasteiger partial charge on any atom is -0.491 e. The summed E-state index contributed by atoms with van der Waals surface area (Å²) in [4.78, 5) is 0. The molecule has 2 aromatic carbocycles. The van der Waals surface area contributed by atoms with Crippen molar-refractivity contribution in [3.8, 4) is 22.6 Å². The molecule has 2 aromatic rings. The maximum absolute atomic E-state index is 8.67. The molecule has 0 heterocycles. The second kappa shape index (κ2) is 17.4. The van der Waals surface area contributed by atoms with E-state index >= 15 is 0 Å². The van der Waals surface area contributed by atoms with Crippen LogP contribution in [0.4, 0.5) is 0 Å². The molecular formula is C24H34O8. The van der Waals surface area contributed by atoms with Crippen molar-refractivity contribution in [2.75, 3.05) is 79.3 Å². The van der Waals surface area contributed by atoms with Gasteiger partial charge in [0.15, 0.2) is 0 Å². The molecule has 0 atom stereocenters. The highest BCUT2D eigenvalue weighted by Gasteiger charge is 2.11. The topological polar surface area (TPSA) is 95.8 Å². The number of benzene rings is 2. The molecule has 0 radical (unpaired) electrons. The predicted octanol–water partition coefficient (Wildman–Crippen LogP) is 2.16. The van der Waals surface area contributed by atoms with Crippen molar-refractivity contribution in [2.45, 2.75) is 0 Å². The first kappa shape index (κ1) is 26.1. The highest BCUT2D eigenvalue weighted by molar-refractivity contribution is 5.75. The van der Waals surface area contributed by atoms with Gasteiger partial charge in [-0.2, -0.15) is 0 Å². The fourth-order valence-corrected chi connectivity index (χ4v) is 2.82. The van der Waals surface area contributed by atoms with Crippen LogP contribution in [0.5, 0.6) is 11.5 Å². The van der Waals surface area contributed by atoms with Crippen LogP contribution < -0.4 is 9.47 Å². The second-order valence-corrected chi connectivity index (χ2v) is 6.59. The van der Waals surface area contributed by atoms with E-state index in [-0.39, 0.29) is 13.2 Å². The molecule has 0 unspecified atom stereocenters. The molecule has 0 aromatic heterocycles. The van der Waals surface area contributed by atoms with Gasteiger partial charge in [0.1, 0.15) is 24.7 Å². The first-order valence-electron chi connectivity index (χ1n) is 10.8. The summed E-state index contributed by atoms with van der Waals surface area (Å²) in [5.74, 6) is 1.50. The van der Waals surface area contributed by atoms with Crippen LogP contribution in [0.2, 0.25) is 0 Å². The van der Waals surface area contributed by atoms with Crippen LogP contribution in [0.15, 0.2) is 48.5 Å². The number of ether oxygens (including phenoxy) is 6. The molecule has 2 N–H and O–H groups in total. The van der Waals surface area contributed by atoms with Gasteiger partial charge < -0.3 is 38.6 Å². The third-order valence-electron chi connectivity index (χ3n) is 4.25. The molecule has 8 heteroatoms. The van der Waals surface area contributed by atoms with Gasteiger partial charge in [-0.05, 0) is 12.1 Å². The lowest BCUT2D eigenvalue weighted by Gasteiger charge is -2.15. The Morgan fingerprint density at radius 3 is 1.19 bits per heavy atom. The third-order valence-corrected chi connectivity index (χ3v) is 4.25. The number of aliphatic hydroxyl groups excluding tert-OH is 2. The van der Waals surface area contributed by atoms with Crippen molar-refractivity contribution in [2.24, 2.45) is 0 Å². The fourth-order valence-electron chi connectivity index (χ4n) is 2.82. The highest BCUT2D eigenvalue weighted by atomic mass is 16.6. The van der Waals surface area contributed by atoms with Gasteiger partial charge in [-0.15, -0.1) is 0 Å². The van der Waals surface area contributed by atoms with E-state index in [0.29, 0.717) is 66.1 Å². The summed E-state index contributed by atoms with van der Waals surface area (Å²) in [5, 5.41) is 17.3. The van der Waals surface area contributed by atoms with Crippen LogP contribution in [0.1, 0.15) is 0 Å². The van der Waals surface area contributed by atoms with Crippen molar-refractivity contribution in [3.05, 3.63) is 48.5 Å². The van der Waals surface area contributed by atoms with Crippen LogP contribution in [-0.2, 0) is 18.9 Å². The maximum Gasteiger partial charge on any atom is 0.127 e. The van der Waals surface area contributed by atoms with Gasteiger partial charge in [0.05, 0.1) is 66.1 Å². The Bertz CT molecular complexity index is 663. The highest BCUT2D eigenvalue weighted by Crippen LogP contribution is 2.36. The lowest BCUT2D eigenvalue weighted by molar-refractivity contribution is 0.0246. The van der Waals surface area contributed by atoms with Crippen molar-refractivity contribution in [3.63, 3.8) is 0 Å². The van der Waals surface area contributed by atoms with Crippen molar-refractivity contribution < 1.29 is 38.6 Å². The normalized spacial score (nSPS) is 10.9. The van der Waals surface area contributed by atoms with Crippen molar-refractivity contribution in [1.29, 1.82) is 0 Å². The molecule has 0 spiro atoms. The van der Waals surface area contributed by atoms with Gasteiger partial charge in [-0.3, -0.25) is 0 Å². The number of para-hydroxylation sites is 2. The summed E-state index contributed by atoms with van der Waals surface area (Å²) in [6.07, 6.45) is 0. The Balaban J connectivity index is 1.81. The van der Waals surface area contributed by atoms with Crippen molar-refractivity contribution in [1.82, 2.24) is 0 Å².